The molecule has 4 rings (SSSR count). The molecule has 0 fully saturated rings. The van der Waals surface area contributed by atoms with Crippen molar-refractivity contribution in [2.75, 3.05) is 16.8 Å². The molecule has 8 nitrogen and oxygen atoms in total. The van der Waals surface area contributed by atoms with Crippen molar-refractivity contribution >= 4 is 40.5 Å². The standard InChI is InChI=1S/C21H14ClN3O5/c22-14-7-10-19(18(11-14)25(28)29)30-15-8-5-13(6-9-15)21(27)24-12-20(26)23-16-3-1-2-4-17(16)24/h1-11H,12H2,(H,23,26). The molecule has 1 N–H and O–H groups in total. The highest BCUT2D eigenvalue weighted by Gasteiger charge is 2.27. The number of nitro groups is 1. The topological polar surface area (TPSA) is 102 Å². The summed E-state index contributed by atoms with van der Waals surface area (Å²) in [6.07, 6.45) is 0. The van der Waals surface area contributed by atoms with Gasteiger partial charge in [0.1, 0.15) is 12.3 Å². The minimum Gasteiger partial charge on any atom is -0.450 e. The summed E-state index contributed by atoms with van der Waals surface area (Å²) >= 11 is 5.81. The quantitative estimate of drug-likeness (QED) is 0.486. The maximum atomic E-state index is 13.0. The van der Waals surface area contributed by atoms with E-state index in [1.807, 2.05) is 0 Å². The van der Waals surface area contributed by atoms with Crippen LogP contribution in [0, 0.1) is 10.1 Å². The summed E-state index contributed by atoms with van der Waals surface area (Å²) in [5.41, 5.74) is 1.26. The molecule has 0 aliphatic carbocycles. The van der Waals surface area contributed by atoms with Crippen LogP contribution in [0.4, 0.5) is 17.1 Å². The van der Waals surface area contributed by atoms with Gasteiger partial charge in [-0.15, -0.1) is 0 Å². The van der Waals surface area contributed by atoms with Gasteiger partial charge in [0.2, 0.25) is 11.7 Å². The summed E-state index contributed by atoms with van der Waals surface area (Å²) in [7, 11) is 0. The Morgan fingerprint density at radius 1 is 1.10 bits per heavy atom. The van der Waals surface area contributed by atoms with Gasteiger partial charge < -0.3 is 10.1 Å². The highest BCUT2D eigenvalue weighted by Crippen LogP contribution is 2.34. The van der Waals surface area contributed by atoms with E-state index in [1.54, 1.807) is 24.3 Å². The van der Waals surface area contributed by atoms with Gasteiger partial charge in [0.15, 0.2) is 0 Å². The Kier molecular flexibility index (Phi) is 5.07. The number of carbonyl (C=O) groups is 2. The van der Waals surface area contributed by atoms with Crippen molar-refractivity contribution in [1.29, 1.82) is 0 Å². The number of halogens is 1. The molecule has 30 heavy (non-hydrogen) atoms. The summed E-state index contributed by atoms with van der Waals surface area (Å²) in [5.74, 6) is -0.280. The number of nitrogens with one attached hydrogen (secondary N) is 1. The van der Waals surface area contributed by atoms with Crippen LogP contribution in [0.3, 0.4) is 0 Å². The minimum atomic E-state index is -0.585. The molecular formula is C21H14ClN3O5. The van der Waals surface area contributed by atoms with Crippen molar-refractivity contribution in [2.24, 2.45) is 0 Å². The number of nitrogens with zero attached hydrogens (tertiary/aromatic N) is 2. The van der Waals surface area contributed by atoms with Crippen LogP contribution in [-0.2, 0) is 4.79 Å². The number of nitro benzene ring substituents is 1. The van der Waals surface area contributed by atoms with Crippen LogP contribution in [0.25, 0.3) is 0 Å². The van der Waals surface area contributed by atoms with Crippen LogP contribution >= 0.6 is 11.6 Å². The molecule has 3 aromatic rings. The van der Waals surface area contributed by atoms with Gasteiger partial charge in [-0.05, 0) is 48.5 Å². The zero-order valence-corrected chi connectivity index (χ0v) is 16.1. The lowest BCUT2D eigenvalue weighted by atomic mass is 10.1. The number of carbonyl (C=O) groups excluding carboxylic acids is 2. The number of para-hydroxylation sites is 2. The largest absolute Gasteiger partial charge is 0.450 e. The zero-order chi connectivity index (χ0) is 21.3. The van der Waals surface area contributed by atoms with Crippen molar-refractivity contribution in [3.8, 4) is 11.5 Å². The lowest BCUT2D eigenvalue weighted by molar-refractivity contribution is -0.385. The van der Waals surface area contributed by atoms with E-state index in [0.717, 1.165) is 0 Å². The van der Waals surface area contributed by atoms with Gasteiger partial charge in [-0.3, -0.25) is 24.6 Å². The molecule has 0 saturated heterocycles. The van der Waals surface area contributed by atoms with Crippen LogP contribution in [0.5, 0.6) is 11.5 Å². The number of rotatable bonds is 4. The van der Waals surface area contributed by atoms with E-state index in [1.165, 1.54) is 47.4 Å². The third-order valence-corrected chi connectivity index (χ3v) is 4.70. The summed E-state index contributed by atoms with van der Waals surface area (Å²) in [6.45, 7) is -0.0922. The molecule has 9 heteroatoms. The van der Waals surface area contributed by atoms with Crippen molar-refractivity contribution < 1.29 is 19.2 Å². The molecule has 0 radical (unpaired) electrons. The number of fused-ring (bicyclic) bond motifs is 1. The molecule has 1 aliphatic rings. The Hall–Kier alpha value is -3.91. The van der Waals surface area contributed by atoms with Crippen LogP contribution in [0.2, 0.25) is 5.02 Å². The lowest BCUT2D eigenvalue weighted by Gasteiger charge is -2.29. The smallest absolute Gasteiger partial charge is 0.313 e. The first-order valence-corrected chi connectivity index (χ1v) is 9.23. The lowest BCUT2D eigenvalue weighted by Crippen LogP contribution is -2.42. The Morgan fingerprint density at radius 2 is 1.83 bits per heavy atom. The van der Waals surface area contributed by atoms with Crippen LogP contribution in [0.15, 0.2) is 66.7 Å². The molecule has 0 unspecified atom stereocenters. The maximum Gasteiger partial charge on any atom is 0.313 e. The maximum absolute atomic E-state index is 13.0. The van der Waals surface area contributed by atoms with Gasteiger partial charge in [0.25, 0.3) is 5.91 Å². The summed E-state index contributed by atoms with van der Waals surface area (Å²) in [4.78, 5) is 36.9. The van der Waals surface area contributed by atoms with Gasteiger partial charge >= 0.3 is 5.69 Å². The van der Waals surface area contributed by atoms with E-state index < -0.39 is 4.92 Å². The number of anilines is 2. The first-order valence-electron chi connectivity index (χ1n) is 8.85. The average Bonchev–Trinajstić information content (AvgIpc) is 2.74. The van der Waals surface area contributed by atoms with Crippen molar-refractivity contribution in [1.82, 2.24) is 0 Å². The van der Waals surface area contributed by atoms with Crippen molar-refractivity contribution in [2.45, 2.75) is 0 Å². The van der Waals surface area contributed by atoms with E-state index >= 15 is 0 Å². The van der Waals surface area contributed by atoms with Gasteiger partial charge in [-0.25, -0.2) is 0 Å². The Balaban J connectivity index is 1.57. The molecule has 0 spiro atoms. The second-order valence-corrected chi connectivity index (χ2v) is 6.89. The van der Waals surface area contributed by atoms with E-state index in [0.29, 0.717) is 22.7 Å². The highest BCUT2D eigenvalue weighted by atomic mass is 35.5. The number of hydrogen-bond acceptors (Lipinski definition) is 5. The molecule has 150 valence electrons. The zero-order valence-electron chi connectivity index (χ0n) is 15.4. The van der Waals surface area contributed by atoms with Gasteiger partial charge in [-0.1, -0.05) is 23.7 Å². The van der Waals surface area contributed by atoms with Gasteiger partial charge in [0.05, 0.1) is 16.3 Å². The molecule has 0 atom stereocenters. The summed E-state index contributed by atoms with van der Waals surface area (Å²) in [6, 6.07) is 17.3. The normalized spacial score (nSPS) is 12.7. The molecule has 1 heterocycles. The van der Waals surface area contributed by atoms with Gasteiger partial charge in [0, 0.05) is 16.7 Å². The number of amides is 2. The Bertz CT molecular complexity index is 1160. The molecule has 2 amide bonds. The third kappa shape index (κ3) is 3.81. The van der Waals surface area contributed by atoms with Crippen molar-refractivity contribution in [3.63, 3.8) is 0 Å². The minimum absolute atomic E-state index is 0.0325. The number of hydrogen-bond donors (Lipinski definition) is 1. The molecular weight excluding hydrogens is 410 g/mol. The van der Waals surface area contributed by atoms with Crippen LogP contribution < -0.4 is 15.0 Å². The Morgan fingerprint density at radius 3 is 2.57 bits per heavy atom. The first kappa shape index (κ1) is 19.4. The number of ether oxygens (including phenoxy) is 1. The molecule has 0 aromatic heterocycles. The first-order chi connectivity index (χ1) is 14.4. The van der Waals surface area contributed by atoms with Gasteiger partial charge in [-0.2, -0.15) is 0 Å². The fraction of sp³-hybridized carbons (Fsp3) is 0.0476. The Labute approximate surface area is 175 Å². The SMILES string of the molecule is O=C1CN(C(=O)c2ccc(Oc3ccc(Cl)cc3[N+](=O)[O-])cc2)c2ccccc2N1. The summed E-state index contributed by atoms with van der Waals surface area (Å²) < 4.78 is 5.59. The highest BCUT2D eigenvalue weighted by molar-refractivity contribution is 6.30. The predicted octanol–water partition coefficient (Wildman–Crippen LogP) is 4.64. The summed E-state index contributed by atoms with van der Waals surface area (Å²) in [5, 5.41) is 14.2. The van der Waals surface area contributed by atoms with E-state index in [4.69, 9.17) is 16.3 Å². The van der Waals surface area contributed by atoms with E-state index in [9.17, 15) is 19.7 Å². The fourth-order valence-corrected chi connectivity index (χ4v) is 3.25. The second kappa shape index (κ2) is 7.84. The van der Waals surface area contributed by atoms with E-state index in [-0.39, 0.29) is 34.8 Å². The second-order valence-electron chi connectivity index (χ2n) is 6.45. The third-order valence-electron chi connectivity index (χ3n) is 4.46. The predicted molar refractivity (Wildman–Crippen MR) is 111 cm³/mol. The average molecular weight is 424 g/mol. The van der Waals surface area contributed by atoms with Crippen molar-refractivity contribution in [3.05, 3.63) is 87.4 Å². The number of benzene rings is 3. The molecule has 0 bridgehead atoms. The van der Waals surface area contributed by atoms with E-state index in [2.05, 4.69) is 5.32 Å². The fourth-order valence-electron chi connectivity index (χ4n) is 3.08. The molecule has 0 saturated carbocycles. The van der Waals surface area contributed by atoms with Crippen LogP contribution in [0.1, 0.15) is 10.4 Å². The monoisotopic (exact) mass is 423 g/mol. The molecule has 3 aromatic carbocycles. The molecule has 1 aliphatic heterocycles. The van der Waals surface area contributed by atoms with Crippen LogP contribution in [-0.4, -0.2) is 23.3 Å².